The molecule has 0 N–H and O–H groups in total. The fraction of sp³-hybridized carbons (Fsp3) is 0.562. The maximum atomic E-state index is 14.6. The Morgan fingerprint density at radius 1 is 1.23 bits per heavy atom. The number of rotatable bonds is 4. The van der Waals surface area contributed by atoms with Crippen LogP contribution >= 0.6 is 0 Å². The van der Waals surface area contributed by atoms with Crippen LogP contribution in [0.1, 0.15) is 35.6 Å². The Balaban J connectivity index is 2.69. The average molecular weight is 314 g/mol. The number of benzene rings is 1. The van der Waals surface area contributed by atoms with E-state index in [2.05, 4.69) is 0 Å². The molecule has 1 aromatic carbocycles. The molecule has 1 aromatic rings. The number of ether oxygens (including phenoxy) is 3. The third-order valence-corrected chi connectivity index (χ3v) is 4.03. The summed E-state index contributed by atoms with van der Waals surface area (Å²) in [5, 5.41) is 0. The van der Waals surface area contributed by atoms with Gasteiger partial charge in [0, 0.05) is 12.7 Å². The number of halogens is 2. The van der Waals surface area contributed by atoms with E-state index < -0.39 is 17.9 Å². The van der Waals surface area contributed by atoms with E-state index >= 15 is 0 Å². The van der Waals surface area contributed by atoms with Crippen LogP contribution in [0, 0.1) is 20.8 Å². The van der Waals surface area contributed by atoms with Crippen LogP contribution in [0.15, 0.2) is 0 Å². The highest BCUT2D eigenvalue weighted by Crippen LogP contribution is 2.52. The molecule has 0 fully saturated rings. The second kappa shape index (κ2) is 5.50. The van der Waals surface area contributed by atoms with Crippen LogP contribution in [-0.4, -0.2) is 25.8 Å². The molecule has 1 unspecified atom stereocenters. The zero-order chi connectivity index (χ0) is 16.7. The number of hydrogen-bond donors (Lipinski definition) is 0. The van der Waals surface area contributed by atoms with Crippen LogP contribution in [0.25, 0.3) is 0 Å². The van der Waals surface area contributed by atoms with Gasteiger partial charge in [0.05, 0.1) is 12.0 Å². The lowest BCUT2D eigenvalue weighted by Gasteiger charge is -2.38. The van der Waals surface area contributed by atoms with Gasteiger partial charge in [0.2, 0.25) is 0 Å². The minimum atomic E-state index is -3.17. The molecule has 1 aliphatic rings. The third kappa shape index (κ3) is 2.56. The largest absolute Gasteiger partial charge is 0.479 e. The summed E-state index contributed by atoms with van der Waals surface area (Å²) in [5.74, 6) is -2.72. The van der Waals surface area contributed by atoms with Crippen molar-refractivity contribution in [3.05, 3.63) is 22.3 Å². The maximum absolute atomic E-state index is 14.6. The van der Waals surface area contributed by atoms with Crippen LogP contribution in [0.2, 0.25) is 0 Å². The van der Waals surface area contributed by atoms with Gasteiger partial charge in [-0.05, 0) is 38.8 Å². The first kappa shape index (κ1) is 16.7. The average Bonchev–Trinajstić information content (AvgIpc) is 2.43. The second-order valence-electron chi connectivity index (χ2n) is 5.87. The van der Waals surface area contributed by atoms with Crippen molar-refractivity contribution >= 4 is 6.29 Å². The normalized spacial score (nSPS) is 22.7. The fourth-order valence-corrected chi connectivity index (χ4v) is 2.86. The van der Waals surface area contributed by atoms with Gasteiger partial charge in [-0.2, -0.15) is 0 Å². The van der Waals surface area contributed by atoms with E-state index in [-0.39, 0.29) is 18.1 Å². The summed E-state index contributed by atoms with van der Waals surface area (Å²) >= 11 is 0. The van der Waals surface area contributed by atoms with Gasteiger partial charge in [0.1, 0.15) is 11.5 Å². The minimum absolute atomic E-state index is 0.0294. The standard InChI is InChI=1S/C16H20F2O4/c1-9-10(2)14-12(11(3)13(9)21-8-20-5)16(17,18)6-15(4,7-19)22-14/h7H,6,8H2,1-5H3. The summed E-state index contributed by atoms with van der Waals surface area (Å²) < 4.78 is 45.2. The van der Waals surface area contributed by atoms with E-state index in [1.165, 1.54) is 14.0 Å². The number of carbonyl (C=O) groups excluding carboxylic acids is 1. The molecule has 122 valence electrons. The Bertz CT molecular complexity index is 613. The molecule has 1 heterocycles. The van der Waals surface area contributed by atoms with Crippen molar-refractivity contribution in [2.45, 2.75) is 45.6 Å². The van der Waals surface area contributed by atoms with Crippen molar-refractivity contribution in [3.8, 4) is 11.5 Å². The molecular formula is C16H20F2O4. The second-order valence-corrected chi connectivity index (χ2v) is 5.87. The van der Waals surface area contributed by atoms with Gasteiger partial charge in [0.25, 0.3) is 5.92 Å². The van der Waals surface area contributed by atoms with E-state index in [1.807, 2.05) is 0 Å². The molecule has 2 rings (SSSR count). The highest BCUT2D eigenvalue weighted by molar-refractivity contribution is 5.68. The highest BCUT2D eigenvalue weighted by Gasteiger charge is 2.51. The van der Waals surface area contributed by atoms with Crippen LogP contribution in [0.4, 0.5) is 8.78 Å². The Kier molecular flexibility index (Phi) is 4.17. The van der Waals surface area contributed by atoms with Crippen LogP contribution < -0.4 is 9.47 Å². The number of alkyl halides is 2. The molecule has 1 atom stereocenters. The van der Waals surface area contributed by atoms with Crippen molar-refractivity contribution in [3.63, 3.8) is 0 Å². The Hall–Kier alpha value is -1.69. The van der Waals surface area contributed by atoms with E-state index in [4.69, 9.17) is 14.2 Å². The van der Waals surface area contributed by atoms with Crippen LogP contribution in [-0.2, 0) is 15.5 Å². The number of fused-ring (bicyclic) bond motifs is 1. The molecule has 0 amide bonds. The number of carbonyl (C=O) groups is 1. The van der Waals surface area contributed by atoms with Gasteiger partial charge < -0.3 is 14.2 Å². The lowest BCUT2D eigenvalue weighted by atomic mass is 9.85. The molecule has 0 spiro atoms. The van der Waals surface area contributed by atoms with Crippen molar-refractivity contribution in [1.82, 2.24) is 0 Å². The quantitative estimate of drug-likeness (QED) is 0.631. The molecule has 0 saturated carbocycles. The smallest absolute Gasteiger partial charge is 0.281 e. The van der Waals surface area contributed by atoms with Crippen LogP contribution in [0.5, 0.6) is 11.5 Å². The van der Waals surface area contributed by atoms with Crippen LogP contribution in [0.3, 0.4) is 0 Å². The van der Waals surface area contributed by atoms with Crippen molar-refractivity contribution in [2.24, 2.45) is 0 Å². The van der Waals surface area contributed by atoms with Crippen molar-refractivity contribution in [1.29, 1.82) is 0 Å². The number of aldehydes is 1. The zero-order valence-corrected chi connectivity index (χ0v) is 13.4. The zero-order valence-electron chi connectivity index (χ0n) is 13.4. The Labute approximate surface area is 128 Å². The summed E-state index contributed by atoms with van der Waals surface area (Å²) in [6.07, 6.45) is -0.257. The third-order valence-electron chi connectivity index (χ3n) is 4.03. The Morgan fingerprint density at radius 3 is 2.41 bits per heavy atom. The van der Waals surface area contributed by atoms with Gasteiger partial charge in [-0.15, -0.1) is 0 Å². The molecule has 6 heteroatoms. The summed E-state index contributed by atoms with van der Waals surface area (Å²) in [5.41, 5.74) is -0.192. The highest BCUT2D eigenvalue weighted by atomic mass is 19.3. The summed E-state index contributed by atoms with van der Waals surface area (Å²) in [4.78, 5) is 11.2. The van der Waals surface area contributed by atoms with Gasteiger partial charge in [-0.25, -0.2) is 8.78 Å². The summed E-state index contributed by atoms with van der Waals surface area (Å²) in [7, 11) is 1.46. The fourth-order valence-electron chi connectivity index (χ4n) is 2.86. The first-order valence-electron chi connectivity index (χ1n) is 6.96. The first-order valence-corrected chi connectivity index (χ1v) is 6.96. The topological polar surface area (TPSA) is 44.8 Å². The van der Waals surface area contributed by atoms with E-state index in [9.17, 15) is 13.6 Å². The molecule has 0 aromatic heterocycles. The SMILES string of the molecule is COCOc1c(C)c(C)c2c(c1C)C(F)(F)CC(C)(C=O)O2. The van der Waals surface area contributed by atoms with Gasteiger partial charge in [-0.3, -0.25) is 4.79 Å². The summed E-state index contributed by atoms with van der Waals surface area (Å²) in [6, 6.07) is 0. The molecule has 0 bridgehead atoms. The predicted octanol–water partition coefficient (Wildman–Crippen LogP) is 3.43. The minimum Gasteiger partial charge on any atom is -0.479 e. The maximum Gasteiger partial charge on any atom is 0.281 e. The molecule has 0 radical (unpaired) electrons. The molecule has 4 nitrogen and oxygen atoms in total. The van der Waals surface area contributed by atoms with E-state index in [0.29, 0.717) is 28.7 Å². The molecule has 22 heavy (non-hydrogen) atoms. The predicted molar refractivity (Wildman–Crippen MR) is 76.8 cm³/mol. The number of hydrogen-bond acceptors (Lipinski definition) is 4. The van der Waals surface area contributed by atoms with E-state index in [0.717, 1.165) is 0 Å². The first-order chi connectivity index (χ1) is 10.2. The lowest BCUT2D eigenvalue weighted by Crippen LogP contribution is -2.44. The lowest BCUT2D eigenvalue weighted by molar-refractivity contribution is -0.137. The summed E-state index contributed by atoms with van der Waals surface area (Å²) in [6.45, 7) is 6.35. The monoisotopic (exact) mass is 314 g/mol. The van der Waals surface area contributed by atoms with Gasteiger partial charge in [-0.1, -0.05) is 0 Å². The molecule has 1 aliphatic heterocycles. The van der Waals surface area contributed by atoms with Crippen molar-refractivity contribution < 1.29 is 27.8 Å². The van der Waals surface area contributed by atoms with E-state index in [1.54, 1.807) is 20.8 Å². The number of methoxy groups -OCH3 is 1. The molecular weight excluding hydrogens is 294 g/mol. The van der Waals surface area contributed by atoms with Crippen molar-refractivity contribution in [2.75, 3.05) is 13.9 Å². The van der Waals surface area contributed by atoms with Gasteiger partial charge in [0.15, 0.2) is 18.7 Å². The Morgan fingerprint density at radius 2 is 1.86 bits per heavy atom. The molecule has 0 saturated heterocycles. The molecule has 0 aliphatic carbocycles. The van der Waals surface area contributed by atoms with Gasteiger partial charge >= 0.3 is 0 Å².